The molecule has 1 aromatic carbocycles. The van der Waals surface area contributed by atoms with Gasteiger partial charge in [-0.05, 0) is 19.1 Å². The van der Waals surface area contributed by atoms with E-state index in [2.05, 4.69) is 20.4 Å². The van der Waals surface area contributed by atoms with Crippen LogP contribution < -0.4 is 5.32 Å². The summed E-state index contributed by atoms with van der Waals surface area (Å²) in [6.45, 7) is 3.02. The van der Waals surface area contributed by atoms with Crippen molar-refractivity contribution >= 4 is 15.8 Å². The molecule has 1 aromatic heterocycles. The lowest BCUT2D eigenvalue weighted by molar-refractivity contribution is 0.449. The zero-order valence-corrected chi connectivity index (χ0v) is 15.9. The summed E-state index contributed by atoms with van der Waals surface area (Å²) in [5, 5.41) is 7.12. The van der Waals surface area contributed by atoms with Gasteiger partial charge in [-0.25, -0.2) is 17.8 Å². The van der Waals surface area contributed by atoms with Gasteiger partial charge >= 0.3 is 0 Å². The van der Waals surface area contributed by atoms with Crippen molar-refractivity contribution in [2.75, 3.05) is 25.9 Å². The molecule has 0 bridgehead atoms. The maximum atomic E-state index is 13.7. The molecule has 2 aromatic rings. The van der Waals surface area contributed by atoms with Gasteiger partial charge in [0.25, 0.3) is 0 Å². The summed E-state index contributed by atoms with van der Waals surface area (Å²) in [5.74, 6) is 0.264. The van der Waals surface area contributed by atoms with Crippen LogP contribution in [-0.2, 0) is 23.4 Å². The van der Waals surface area contributed by atoms with Crippen molar-refractivity contribution in [3.05, 3.63) is 42.2 Å². The number of benzene rings is 1. The molecule has 0 amide bonds. The van der Waals surface area contributed by atoms with Crippen LogP contribution in [0.15, 0.2) is 40.5 Å². The van der Waals surface area contributed by atoms with Crippen LogP contribution in [0.1, 0.15) is 12.7 Å². The molecule has 26 heavy (non-hydrogen) atoms. The first-order valence-electron chi connectivity index (χ1n) is 8.14. The number of aryl methyl sites for hydroxylation is 1. The third kappa shape index (κ3) is 5.01. The highest BCUT2D eigenvalue weighted by atomic mass is 32.2. The third-order valence-corrected chi connectivity index (χ3v) is 5.39. The molecule has 0 fully saturated rings. The van der Waals surface area contributed by atoms with E-state index in [1.807, 2.05) is 18.9 Å². The van der Waals surface area contributed by atoms with Crippen molar-refractivity contribution in [3.8, 4) is 0 Å². The molecule has 0 unspecified atom stereocenters. The van der Waals surface area contributed by atoms with Gasteiger partial charge in [0, 0.05) is 20.6 Å². The quantitative estimate of drug-likeness (QED) is 0.563. The Balaban J connectivity index is 2.07. The Kier molecular flexibility index (Phi) is 6.67. The highest BCUT2D eigenvalue weighted by Crippen LogP contribution is 2.15. The van der Waals surface area contributed by atoms with Gasteiger partial charge in [-0.2, -0.15) is 5.10 Å². The van der Waals surface area contributed by atoms with Gasteiger partial charge < -0.3 is 10.2 Å². The van der Waals surface area contributed by atoms with E-state index in [0.29, 0.717) is 19.0 Å². The summed E-state index contributed by atoms with van der Waals surface area (Å²) in [5.41, 5.74) is 0. The van der Waals surface area contributed by atoms with E-state index in [1.54, 1.807) is 11.7 Å². The molecule has 0 aliphatic heterocycles. The zero-order chi connectivity index (χ0) is 19.2. The van der Waals surface area contributed by atoms with Crippen LogP contribution in [0.3, 0.4) is 0 Å². The Bertz CT molecular complexity index is 865. The Morgan fingerprint density at radius 3 is 2.73 bits per heavy atom. The van der Waals surface area contributed by atoms with E-state index in [1.165, 1.54) is 24.5 Å². The van der Waals surface area contributed by atoms with Gasteiger partial charge in [0.2, 0.25) is 0 Å². The summed E-state index contributed by atoms with van der Waals surface area (Å²) < 4.78 is 40.0. The van der Waals surface area contributed by atoms with Crippen LogP contribution in [0.5, 0.6) is 0 Å². The smallest absolute Gasteiger partial charge is 0.194 e. The van der Waals surface area contributed by atoms with E-state index in [9.17, 15) is 12.8 Å². The normalized spacial score (nSPS) is 12.2. The van der Waals surface area contributed by atoms with Gasteiger partial charge in [0.1, 0.15) is 22.9 Å². The largest absolute Gasteiger partial charge is 0.357 e. The molecule has 142 valence electrons. The summed E-state index contributed by atoms with van der Waals surface area (Å²) in [6, 6.07) is 5.35. The lowest BCUT2D eigenvalue weighted by atomic mass is 10.3. The Morgan fingerprint density at radius 1 is 1.38 bits per heavy atom. The molecule has 2 rings (SSSR count). The van der Waals surface area contributed by atoms with Gasteiger partial charge in [-0.15, -0.1) is 0 Å². The van der Waals surface area contributed by atoms with Gasteiger partial charge in [0.05, 0.1) is 18.8 Å². The van der Waals surface area contributed by atoms with Crippen LogP contribution in [0.2, 0.25) is 0 Å². The van der Waals surface area contributed by atoms with Crippen molar-refractivity contribution in [1.29, 1.82) is 0 Å². The molecule has 0 saturated carbocycles. The van der Waals surface area contributed by atoms with E-state index in [0.717, 1.165) is 11.9 Å². The van der Waals surface area contributed by atoms with E-state index in [-0.39, 0.29) is 17.2 Å². The molecule has 0 aliphatic rings. The first kappa shape index (κ1) is 19.8. The highest BCUT2D eigenvalue weighted by Gasteiger charge is 2.18. The van der Waals surface area contributed by atoms with Crippen molar-refractivity contribution in [2.24, 2.45) is 12.0 Å². The second-order valence-electron chi connectivity index (χ2n) is 5.64. The predicted molar refractivity (Wildman–Crippen MR) is 96.9 cm³/mol. The number of halogens is 1. The number of hydrogen-bond donors (Lipinski definition) is 1. The fourth-order valence-electron chi connectivity index (χ4n) is 2.30. The molecule has 0 saturated heterocycles. The fourth-order valence-corrected chi connectivity index (χ4v) is 3.50. The van der Waals surface area contributed by atoms with Crippen molar-refractivity contribution in [1.82, 2.24) is 25.0 Å². The average Bonchev–Trinajstić information content (AvgIpc) is 2.99. The topological polar surface area (TPSA) is 92.5 Å². The van der Waals surface area contributed by atoms with Gasteiger partial charge in [0.15, 0.2) is 15.8 Å². The minimum Gasteiger partial charge on any atom is -0.357 e. The second-order valence-corrected chi connectivity index (χ2v) is 7.72. The van der Waals surface area contributed by atoms with Crippen LogP contribution in [0.25, 0.3) is 0 Å². The maximum Gasteiger partial charge on any atom is 0.194 e. The Morgan fingerprint density at radius 2 is 2.12 bits per heavy atom. The maximum absolute atomic E-state index is 13.7. The van der Waals surface area contributed by atoms with Crippen LogP contribution in [0.4, 0.5) is 4.39 Å². The first-order chi connectivity index (χ1) is 12.3. The standard InChI is InChI=1S/C16H23FN6O2S/c1-4-18-16(22(2)11-15-20-12-21-23(15)3)19-9-10-26(24,25)14-8-6-5-7-13(14)17/h5-8,12H,4,9-11H2,1-3H3,(H,18,19). The summed E-state index contributed by atoms with van der Waals surface area (Å²) in [6.07, 6.45) is 1.47. The molecule has 0 atom stereocenters. The average molecular weight is 382 g/mol. The zero-order valence-electron chi connectivity index (χ0n) is 15.1. The van der Waals surface area contributed by atoms with Gasteiger partial charge in [-0.3, -0.25) is 9.67 Å². The number of rotatable bonds is 7. The number of nitrogens with zero attached hydrogens (tertiary/aromatic N) is 5. The highest BCUT2D eigenvalue weighted by molar-refractivity contribution is 7.91. The summed E-state index contributed by atoms with van der Waals surface area (Å²) >= 11 is 0. The Hall–Kier alpha value is -2.49. The number of guanidine groups is 1. The SMILES string of the molecule is CCNC(=NCCS(=O)(=O)c1ccccc1F)N(C)Cc1ncnn1C. The molecule has 1 heterocycles. The lowest BCUT2D eigenvalue weighted by Crippen LogP contribution is -2.39. The molecular weight excluding hydrogens is 359 g/mol. The van der Waals surface area contributed by atoms with E-state index < -0.39 is 15.7 Å². The number of sulfone groups is 1. The number of aromatic nitrogens is 3. The third-order valence-electron chi connectivity index (χ3n) is 3.67. The molecule has 0 aliphatic carbocycles. The first-order valence-corrected chi connectivity index (χ1v) is 9.80. The van der Waals surface area contributed by atoms with Crippen molar-refractivity contribution in [2.45, 2.75) is 18.4 Å². The minimum atomic E-state index is -3.74. The van der Waals surface area contributed by atoms with Crippen LogP contribution in [0, 0.1) is 5.82 Å². The van der Waals surface area contributed by atoms with Crippen molar-refractivity contribution < 1.29 is 12.8 Å². The molecule has 8 nitrogen and oxygen atoms in total. The van der Waals surface area contributed by atoms with E-state index >= 15 is 0 Å². The van der Waals surface area contributed by atoms with Gasteiger partial charge in [-0.1, -0.05) is 12.1 Å². The molecule has 10 heteroatoms. The molecule has 1 N–H and O–H groups in total. The number of hydrogen-bond acceptors (Lipinski definition) is 5. The predicted octanol–water partition coefficient (Wildman–Crippen LogP) is 0.825. The minimum absolute atomic E-state index is 0.0160. The second kappa shape index (κ2) is 8.75. The summed E-state index contributed by atoms with van der Waals surface area (Å²) in [4.78, 5) is 10.0. The van der Waals surface area contributed by atoms with Crippen molar-refractivity contribution in [3.63, 3.8) is 0 Å². The molecule has 0 radical (unpaired) electrons. The summed E-state index contributed by atoms with van der Waals surface area (Å²) in [7, 11) is -0.125. The van der Waals surface area contributed by atoms with Crippen LogP contribution in [-0.4, -0.2) is 59.9 Å². The lowest BCUT2D eigenvalue weighted by Gasteiger charge is -2.21. The molecular formula is C16H23FN6O2S. The number of nitrogens with one attached hydrogen (secondary N) is 1. The van der Waals surface area contributed by atoms with Crippen LogP contribution >= 0.6 is 0 Å². The number of aliphatic imine (C=N–C) groups is 1. The molecule has 0 spiro atoms. The fraction of sp³-hybridized carbons (Fsp3) is 0.438. The monoisotopic (exact) mass is 382 g/mol. The van der Waals surface area contributed by atoms with E-state index in [4.69, 9.17) is 0 Å². The Labute approximate surface area is 152 Å².